The first kappa shape index (κ1) is 16.4. The van der Waals surface area contributed by atoms with Crippen LogP contribution < -0.4 is 0 Å². The van der Waals surface area contributed by atoms with Crippen LogP contribution in [0.5, 0.6) is 0 Å². The highest BCUT2D eigenvalue weighted by molar-refractivity contribution is 5.02. The van der Waals surface area contributed by atoms with E-state index in [1.54, 1.807) is 0 Å². The van der Waals surface area contributed by atoms with E-state index in [0.29, 0.717) is 6.61 Å². The second-order valence-corrected chi connectivity index (χ2v) is 4.63. The molecule has 100 valence electrons. The normalized spacial score (nSPS) is 11.9. The topological polar surface area (TPSA) is 20.2 Å². The molecule has 0 saturated carbocycles. The molecule has 0 atom stereocenters. The van der Waals surface area contributed by atoms with Crippen molar-refractivity contribution in [1.82, 2.24) is 0 Å². The van der Waals surface area contributed by atoms with Crippen LogP contribution in [0.3, 0.4) is 0 Å². The van der Waals surface area contributed by atoms with Gasteiger partial charge in [-0.1, -0.05) is 69.8 Å². The summed E-state index contributed by atoms with van der Waals surface area (Å²) < 4.78 is 0. The molecule has 0 aromatic carbocycles. The van der Waals surface area contributed by atoms with Crippen molar-refractivity contribution in [3.05, 3.63) is 24.3 Å². The standard InChI is InChI=1S/C16H30O/c1-2-3-4-5-6-7-8-9-10-11-12-13-14-15-16-17/h5-8,17H,2-4,9-16H2,1H3/b6-5-,8-7+. The highest BCUT2D eigenvalue weighted by Gasteiger charge is 1.89. The molecule has 17 heavy (non-hydrogen) atoms. The van der Waals surface area contributed by atoms with E-state index in [1.165, 1.54) is 57.8 Å². The fourth-order valence-corrected chi connectivity index (χ4v) is 1.75. The van der Waals surface area contributed by atoms with Crippen molar-refractivity contribution < 1.29 is 5.11 Å². The summed E-state index contributed by atoms with van der Waals surface area (Å²) in [6.07, 6.45) is 21.3. The summed E-state index contributed by atoms with van der Waals surface area (Å²) in [5.41, 5.74) is 0. The van der Waals surface area contributed by atoms with Crippen molar-refractivity contribution in [2.24, 2.45) is 0 Å². The Balaban J connectivity index is 3.11. The second-order valence-electron chi connectivity index (χ2n) is 4.63. The minimum absolute atomic E-state index is 0.354. The van der Waals surface area contributed by atoms with Gasteiger partial charge in [0, 0.05) is 6.61 Å². The predicted octanol–water partition coefficient (Wildman–Crippen LogP) is 5.01. The first-order valence-corrected chi connectivity index (χ1v) is 7.34. The fraction of sp³-hybridized carbons (Fsp3) is 0.750. The van der Waals surface area contributed by atoms with Gasteiger partial charge in [-0.2, -0.15) is 0 Å². The summed E-state index contributed by atoms with van der Waals surface area (Å²) in [6, 6.07) is 0. The molecule has 0 aliphatic rings. The van der Waals surface area contributed by atoms with Gasteiger partial charge in [-0.15, -0.1) is 0 Å². The van der Waals surface area contributed by atoms with E-state index in [4.69, 9.17) is 5.11 Å². The Morgan fingerprint density at radius 1 is 0.706 bits per heavy atom. The van der Waals surface area contributed by atoms with Gasteiger partial charge in [-0.05, 0) is 25.7 Å². The molecule has 0 amide bonds. The van der Waals surface area contributed by atoms with E-state index in [1.807, 2.05) is 0 Å². The number of unbranched alkanes of at least 4 members (excludes halogenated alkanes) is 8. The molecule has 0 aliphatic carbocycles. The van der Waals surface area contributed by atoms with Crippen LogP contribution in [0.2, 0.25) is 0 Å². The van der Waals surface area contributed by atoms with E-state index in [2.05, 4.69) is 31.2 Å². The number of aliphatic hydroxyl groups excluding tert-OH is 1. The Morgan fingerprint density at radius 2 is 1.24 bits per heavy atom. The van der Waals surface area contributed by atoms with E-state index in [-0.39, 0.29) is 0 Å². The average molecular weight is 238 g/mol. The number of hydrogen-bond acceptors (Lipinski definition) is 1. The van der Waals surface area contributed by atoms with Gasteiger partial charge in [0.05, 0.1) is 0 Å². The molecular formula is C16H30O. The molecule has 0 rings (SSSR count). The third kappa shape index (κ3) is 15.4. The lowest BCUT2D eigenvalue weighted by Crippen LogP contribution is -1.83. The minimum Gasteiger partial charge on any atom is -0.396 e. The lowest BCUT2D eigenvalue weighted by Gasteiger charge is -1.98. The van der Waals surface area contributed by atoms with Gasteiger partial charge in [-0.3, -0.25) is 0 Å². The van der Waals surface area contributed by atoms with Crippen molar-refractivity contribution in [2.75, 3.05) is 6.61 Å². The van der Waals surface area contributed by atoms with Gasteiger partial charge in [0.2, 0.25) is 0 Å². The summed E-state index contributed by atoms with van der Waals surface area (Å²) in [7, 11) is 0. The molecule has 0 heterocycles. The first-order chi connectivity index (χ1) is 8.41. The van der Waals surface area contributed by atoms with Gasteiger partial charge in [-0.25, -0.2) is 0 Å². The molecule has 1 heteroatoms. The Morgan fingerprint density at radius 3 is 1.82 bits per heavy atom. The maximum atomic E-state index is 8.63. The molecule has 0 saturated heterocycles. The summed E-state index contributed by atoms with van der Waals surface area (Å²) in [4.78, 5) is 0. The van der Waals surface area contributed by atoms with E-state index >= 15 is 0 Å². The van der Waals surface area contributed by atoms with Gasteiger partial charge in [0.25, 0.3) is 0 Å². The fourth-order valence-electron chi connectivity index (χ4n) is 1.75. The van der Waals surface area contributed by atoms with Crippen LogP contribution in [-0.2, 0) is 0 Å². The maximum absolute atomic E-state index is 8.63. The lowest BCUT2D eigenvalue weighted by molar-refractivity contribution is 0.282. The van der Waals surface area contributed by atoms with Crippen molar-refractivity contribution in [1.29, 1.82) is 0 Å². The monoisotopic (exact) mass is 238 g/mol. The van der Waals surface area contributed by atoms with Crippen molar-refractivity contribution in [3.63, 3.8) is 0 Å². The molecule has 0 unspecified atom stereocenters. The second kappa shape index (κ2) is 15.4. The molecule has 1 N–H and O–H groups in total. The van der Waals surface area contributed by atoms with E-state index < -0.39 is 0 Å². The van der Waals surface area contributed by atoms with Crippen LogP contribution in [0.15, 0.2) is 24.3 Å². The molecule has 0 bridgehead atoms. The van der Waals surface area contributed by atoms with Crippen LogP contribution in [0.4, 0.5) is 0 Å². The third-order valence-electron chi connectivity index (χ3n) is 2.89. The zero-order valence-electron chi connectivity index (χ0n) is 11.5. The van der Waals surface area contributed by atoms with Crippen LogP contribution >= 0.6 is 0 Å². The number of allylic oxidation sites excluding steroid dienone is 4. The largest absolute Gasteiger partial charge is 0.396 e. The third-order valence-corrected chi connectivity index (χ3v) is 2.89. The van der Waals surface area contributed by atoms with Gasteiger partial charge < -0.3 is 5.11 Å². The van der Waals surface area contributed by atoms with Gasteiger partial charge in [0.1, 0.15) is 0 Å². The smallest absolute Gasteiger partial charge is 0.0431 e. The molecule has 0 fully saturated rings. The number of aliphatic hydroxyl groups is 1. The van der Waals surface area contributed by atoms with E-state index in [0.717, 1.165) is 6.42 Å². The van der Waals surface area contributed by atoms with Crippen molar-refractivity contribution in [2.45, 2.75) is 71.1 Å². The number of hydrogen-bond donors (Lipinski definition) is 1. The van der Waals surface area contributed by atoms with Gasteiger partial charge >= 0.3 is 0 Å². The molecule has 0 radical (unpaired) electrons. The Kier molecular flexibility index (Phi) is 14.9. The van der Waals surface area contributed by atoms with Crippen LogP contribution in [-0.4, -0.2) is 11.7 Å². The highest BCUT2D eigenvalue weighted by atomic mass is 16.2. The van der Waals surface area contributed by atoms with Crippen LogP contribution in [0.1, 0.15) is 71.1 Å². The summed E-state index contributed by atoms with van der Waals surface area (Å²) >= 11 is 0. The molecule has 0 spiro atoms. The first-order valence-electron chi connectivity index (χ1n) is 7.34. The lowest BCUT2D eigenvalue weighted by atomic mass is 10.1. The molecule has 0 aromatic rings. The SMILES string of the molecule is CCCC/C=C\C=C\CCCCCCCCO. The quantitative estimate of drug-likeness (QED) is 0.374. The van der Waals surface area contributed by atoms with Crippen molar-refractivity contribution >= 4 is 0 Å². The zero-order chi connectivity index (χ0) is 12.6. The Bertz CT molecular complexity index is 182. The average Bonchev–Trinajstić information content (AvgIpc) is 2.35. The maximum Gasteiger partial charge on any atom is 0.0431 e. The summed E-state index contributed by atoms with van der Waals surface area (Å²) in [5.74, 6) is 0. The van der Waals surface area contributed by atoms with E-state index in [9.17, 15) is 0 Å². The Hall–Kier alpha value is -0.560. The molecule has 1 nitrogen and oxygen atoms in total. The summed E-state index contributed by atoms with van der Waals surface area (Å²) in [6.45, 7) is 2.58. The van der Waals surface area contributed by atoms with Crippen molar-refractivity contribution in [3.8, 4) is 0 Å². The molecule has 0 aliphatic heterocycles. The zero-order valence-corrected chi connectivity index (χ0v) is 11.5. The summed E-state index contributed by atoms with van der Waals surface area (Å²) in [5, 5.41) is 8.63. The number of rotatable bonds is 12. The van der Waals surface area contributed by atoms with Crippen LogP contribution in [0, 0.1) is 0 Å². The Labute approximate surface area is 108 Å². The van der Waals surface area contributed by atoms with Gasteiger partial charge in [0.15, 0.2) is 0 Å². The molecule has 0 aromatic heterocycles. The van der Waals surface area contributed by atoms with Crippen LogP contribution in [0.25, 0.3) is 0 Å². The minimum atomic E-state index is 0.354. The predicted molar refractivity (Wildman–Crippen MR) is 77.2 cm³/mol. The highest BCUT2D eigenvalue weighted by Crippen LogP contribution is 2.07. The molecular weight excluding hydrogens is 208 g/mol.